The van der Waals surface area contributed by atoms with E-state index in [9.17, 15) is 13.2 Å². The van der Waals surface area contributed by atoms with Crippen LogP contribution in [0.4, 0.5) is 13.2 Å². The molecule has 0 atom stereocenters. The molecule has 0 N–H and O–H groups in total. The highest BCUT2D eigenvalue weighted by Gasteiger charge is 2.12. The van der Waals surface area contributed by atoms with Crippen molar-refractivity contribution >= 4 is 0 Å². The van der Waals surface area contributed by atoms with Crippen molar-refractivity contribution in [3.05, 3.63) is 83.2 Å². The summed E-state index contributed by atoms with van der Waals surface area (Å²) in [6.45, 7) is 3.71. The molecule has 0 unspecified atom stereocenters. The first-order valence-electron chi connectivity index (χ1n) is 8.58. The molecule has 3 aromatic rings. The number of rotatable bonds is 6. The third-order valence-electron chi connectivity index (χ3n) is 4.17. The van der Waals surface area contributed by atoms with E-state index in [4.69, 9.17) is 9.47 Å². The van der Waals surface area contributed by atoms with Crippen molar-refractivity contribution in [2.75, 3.05) is 6.61 Å². The van der Waals surface area contributed by atoms with Gasteiger partial charge in [-0.25, -0.2) is 13.2 Å². The molecule has 27 heavy (non-hydrogen) atoms. The third-order valence-corrected chi connectivity index (χ3v) is 4.17. The molecule has 0 amide bonds. The van der Waals surface area contributed by atoms with E-state index in [1.165, 1.54) is 25.1 Å². The standard InChI is InChI=1S/C22H19F3O2/c1-3-26-18-10-11-19(20(23)12-18)15-6-8-17(9-7-15)27-13-16-5-4-14(2)21(24)22(16)25/h4-12H,3,13H2,1-2H3. The van der Waals surface area contributed by atoms with Gasteiger partial charge in [-0.1, -0.05) is 24.3 Å². The normalized spacial score (nSPS) is 10.7. The predicted molar refractivity (Wildman–Crippen MR) is 98.4 cm³/mol. The van der Waals surface area contributed by atoms with Gasteiger partial charge in [0.05, 0.1) is 6.61 Å². The van der Waals surface area contributed by atoms with Crippen molar-refractivity contribution in [1.82, 2.24) is 0 Å². The predicted octanol–water partition coefficient (Wildman–Crippen LogP) is 6.06. The second-order valence-electron chi connectivity index (χ2n) is 6.06. The van der Waals surface area contributed by atoms with Gasteiger partial charge < -0.3 is 9.47 Å². The van der Waals surface area contributed by atoms with Gasteiger partial charge in [0.15, 0.2) is 11.6 Å². The first-order valence-corrected chi connectivity index (χ1v) is 8.58. The molecule has 0 saturated carbocycles. The average Bonchev–Trinajstić information content (AvgIpc) is 2.67. The summed E-state index contributed by atoms with van der Waals surface area (Å²) in [6.07, 6.45) is 0. The molecule has 0 spiro atoms. The van der Waals surface area contributed by atoms with Gasteiger partial charge in [0.25, 0.3) is 0 Å². The summed E-state index contributed by atoms with van der Waals surface area (Å²) < 4.78 is 52.5. The van der Waals surface area contributed by atoms with Crippen LogP contribution < -0.4 is 9.47 Å². The van der Waals surface area contributed by atoms with Gasteiger partial charge in [0.1, 0.15) is 23.9 Å². The molecule has 0 bridgehead atoms. The molecule has 3 rings (SSSR count). The second kappa shape index (κ2) is 8.16. The first kappa shape index (κ1) is 18.8. The molecule has 0 saturated heterocycles. The number of ether oxygens (including phenoxy) is 2. The van der Waals surface area contributed by atoms with Gasteiger partial charge in [0.2, 0.25) is 0 Å². The summed E-state index contributed by atoms with van der Waals surface area (Å²) in [5, 5.41) is 0. The van der Waals surface area contributed by atoms with E-state index in [0.717, 1.165) is 0 Å². The Labute approximate surface area is 156 Å². The minimum absolute atomic E-state index is 0.0974. The molecule has 0 radical (unpaired) electrons. The minimum Gasteiger partial charge on any atom is -0.494 e. The van der Waals surface area contributed by atoms with E-state index in [0.29, 0.717) is 29.2 Å². The highest BCUT2D eigenvalue weighted by Crippen LogP contribution is 2.28. The highest BCUT2D eigenvalue weighted by molar-refractivity contribution is 5.65. The maximum absolute atomic E-state index is 14.3. The van der Waals surface area contributed by atoms with Crippen molar-refractivity contribution in [3.8, 4) is 22.6 Å². The van der Waals surface area contributed by atoms with E-state index < -0.39 is 11.6 Å². The molecule has 140 valence electrons. The van der Waals surface area contributed by atoms with Crippen molar-refractivity contribution < 1.29 is 22.6 Å². The summed E-state index contributed by atoms with van der Waals surface area (Å²) in [4.78, 5) is 0. The summed E-state index contributed by atoms with van der Waals surface area (Å²) >= 11 is 0. The fourth-order valence-electron chi connectivity index (χ4n) is 2.68. The first-order chi connectivity index (χ1) is 13.0. The number of aryl methyl sites for hydroxylation is 1. The summed E-state index contributed by atoms with van der Waals surface area (Å²) in [6, 6.07) is 14.5. The molecule has 0 fully saturated rings. The van der Waals surface area contributed by atoms with Crippen molar-refractivity contribution in [2.45, 2.75) is 20.5 Å². The van der Waals surface area contributed by atoms with Gasteiger partial charge in [-0.3, -0.25) is 0 Å². The van der Waals surface area contributed by atoms with Crippen LogP contribution in [0, 0.1) is 24.4 Å². The summed E-state index contributed by atoms with van der Waals surface area (Å²) in [5.74, 6) is -1.19. The maximum Gasteiger partial charge on any atom is 0.165 e. The Morgan fingerprint density at radius 1 is 0.778 bits per heavy atom. The van der Waals surface area contributed by atoms with E-state index in [2.05, 4.69) is 0 Å². The van der Waals surface area contributed by atoms with Crippen molar-refractivity contribution in [1.29, 1.82) is 0 Å². The van der Waals surface area contributed by atoms with E-state index in [1.807, 2.05) is 6.92 Å². The smallest absolute Gasteiger partial charge is 0.165 e. The van der Waals surface area contributed by atoms with Crippen LogP contribution in [0.15, 0.2) is 54.6 Å². The summed E-state index contributed by atoms with van der Waals surface area (Å²) in [7, 11) is 0. The lowest BCUT2D eigenvalue weighted by Crippen LogP contribution is -2.02. The zero-order chi connectivity index (χ0) is 19.4. The van der Waals surface area contributed by atoms with Crippen LogP contribution in [0.3, 0.4) is 0 Å². The second-order valence-corrected chi connectivity index (χ2v) is 6.06. The van der Waals surface area contributed by atoms with Crippen LogP contribution in [0.1, 0.15) is 18.1 Å². The molecule has 0 aliphatic rings. The fraction of sp³-hybridized carbons (Fsp3) is 0.182. The highest BCUT2D eigenvalue weighted by atomic mass is 19.2. The monoisotopic (exact) mass is 372 g/mol. The van der Waals surface area contributed by atoms with Gasteiger partial charge in [0, 0.05) is 17.2 Å². The quantitative estimate of drug-likeness (QED) is 0.524. The Kier molecular flexibility index (Phi) is 5.69. The number of benzene rings is 3. The molecule has 3 aromatic carbocycles. The molecule has 0 aromatic heterocycles. The minimum atomic E-state index is -0.900. The molecule has 0 aliphatic heterocycles. The number of halogens is 3. The van der Waals surface area contributed by atoms with E-state index in [1.54, 1.807) is 36.4 Å². The zero-order valence-corrected chi connectivity index (χ0v) is 15.1. The van der Waals surface area contributed by atoms with Crippen LogP contribution in [0.5, 0.6) is 11.5 Å². The Bertz CT molecular complexity index is 937. The van der Waals surface area contributed by atoms with Crippen LogP contribution >= 0.6 is 0 Å². The molecule has 2 nitrogen and oxygen atoms in total. The molecular weight excluding hydrogens is 353 g/mol. The average molecular weight is 372 g/mol. The molecule has 0 heterocycles. The van der Waals surface area contributed by atoms with E-state index in [-0.39, 0.29) is 23.6 Å². The van der Waals surface area contributed by atoms with Gasteiger partial charge in [-0.15, -0.1) is 0 Å². The van der Waals surface area contributed by atoms with Crippen LogP contribution in [-0.2, 0) is 6.61 Å². The maximum atomic E-state index is 14.3. The van der Waals surface area contributed by atoms with Crippen molar-refractivity contribution in [3.63, 3.8) is 0 Å². The third kappa shape index (κ3) is 4.25. The Morgan fingerprint density at radius 3 is 2.15 bits per heavy atom. The fourth-order valence-corrected chi connectivity index (χ4v) is 2.68. The molecule has 0 aliphatic carbocycles. The Hall–Kier alpha value is -2.95. The molecule has 5 heteroatoms. The van der Waals surface area contributed by atoms with Gasteiger partial charge >= 0.3 is 0 Å². The van der Waals surface area contributed by atoms with Crippen LogP contribution in [0.25, 0.3) is 11.1 Å². The SMILES string of the molecule is CCOc1ccc(-c2ccc(OCc3ccc(C)c(F)c3F)cc2)c(F)c1. The molecular formula is C22H19F3O2. The lowest BCUT2D eigenvalue weighted by Gasteiger charge is -2.10. The topological polar surface area (TPSA) is 18.5 Å². The number of hydrogen-bond donors (Lipinski definition) is 0. The van der Waals surface area contributed by atoms with Crippen molar-refractivity contribution in [2.24, 2.45) is 0 Å². The number of hydrogen-bond acceptors (Lipinski definition) is 2. The Balaban J connectivity index is 1.72. The van der Waals surface area contributed by atoms with E-state index >= 15 is 0 Å². The van der Waals surface area contributed by atoms with Gasteiger partial charge in [-0.05, 0) is 49.2 Å². The largest absolute Gasteiger partial charge is 0.494 e. The lowest BCUT2D eigenvalue weighted by atomic mass is 10.0. The van der Waals surface area contributed by atoms with Gasteiger partial charge in [-0.2, -0.15) is 0 Å². The van der Waals surface area contributed by atoms with Crippen LogP contribution in [-0.4, -0.2) is 6.61 Å². The Morgan fingerprint density at radius 2 is 1.48 bits per heavy atom. The summed E-state index contributed by atoms with van der Waals surface area (Å²) in [5.41, 5.74) is 1.50. The lowest BCUT2D eigenvalue weighted by molar-refractivity contribution is 0.297. The van der Waals surface area contributed by atoms with Crippen LogP contribution in [0.2, 0.25) is 0 Å². The zero-order valence-electron chi connectivity index (χ0n) is 15.1.